The van der Waals surface area contributed by atoms with E-state index in [9.17, 15) is 9.18 Å². The van der Waals surface area contributed by atoms with Gasteiger partial charge in [0.05, 0.1) is 0 Å². The van der Waals surface area contributed by atoms with Gasteiger partial charge in [0, 0.05) is 24.4 Å². The zero-order chi connectivity index (χ0) is 15.8. The number of carboxylic acids is 1. The van der Waals surface area contributed by atoms with Gasteiger partial charge in [-0.3, -0.25) is 4.90 Å². The largest absolute Gasteiger partial charge is 0.478 e. The minimum atomic E-state index is -1.03. The molecule has 0 aliphatic carbocycles. The fraction of sp³-hybridized carbons (Fsp3) is 0.438. The first-order valence-electron chi connectivity index (χ1n) is 6.86. The predicted octanol–water partition coefficient (Wildman–Crippen LogP) is 3.50. The molecule has 1 atom stereocenters. The van der Waals surface area contributed by atoms with E-state index in [-0.39, 0.29) is 5.82 Å². The second-order valence-electron chi connectivity index (χ2n) is 4.95. The third-order valence-electron chi connectivity index (χ3n) is 3.39. The highest BCUT2D eigenvalue weighted by Gasteiger charge is 2.14. The van der Waals surface area contributed by atoms with Gasteiger partial charge in [0.2, 0.25) is 0 Å². The van der Waals surface area contributed by atoms with Crippen molar-refractivity contribution in [2.75, 3.05) is 19.1 Å². The van der Waals surface area contributed by atoms with Crippen molar-refractivity contribution >= 4 is 23.8 Å². The number of nitrogens with zero attached hydrogens (tertiary/aromatic N) is 1. The van der Waals surface area contributed by atoms with Crippen LogP contribution in [0.4, 0.5) is 4.39 Å². The molecule has 0 radical (unpaired) electrons. The molecule has 1 aromatic rings. The molecule has 0 aliphatic rings. The van der Waals surface area contributed by atoms with Crippen LogP contribution in [0.1, 0.15) is 24.5 Å². The van der Waals surface area contributed by atoms with E-state index in [0.29, 0.717) is 18.2 Å². The van der Waals surface area contributed by atoms with Crippen LogP contribution in [0, 0.1) is 5.82 Å². The van der Waals surface area contributed by atoms with Gasteiger partial charge in [-0.25, -0.2) is 9.18 Å². The molecule has 1 aromatic carbocycles. The van der Waals surface area contributed by atoms with Gasteiger partial charge in [-0.1, -0.05) is 13.0 Å². The summed E-state index contributed by atoms with van der Waals surface area (Å²) in [7, 11) is 2.04. The Morgan fingerprint density at radius 3 is 2.81 bits per heavy atom. The molecular weight excluding hydrogens is 289 g/mol. The third kappa shape index (κ3) is 5.89. The summed E-state index contributed by atoms with van der Waals surface area (Å²) < 4.78 is 13.4. The van der Waals surface area contributed by atoms with Crippen LogP contribution < -0.4 is 0 Å². The van der Waals surface area contributed by atoms with Crippen molar-refractivity contribution in [2.24, 2.45) is 0 Å². The van der Waals surface area contributed by atoms with Gasteiger partial charge in [0.25, 0.3) is 0 Å². The Labute approximate surface area is 129 Å². The zero-order valence-electron chi connectivity index (χ0n) is 12.7. The topological polar surface area (TPSA) is 40.5 Å². The quantitative estimate of drug-likeness (QED) is 0.746. The Morgan fingerprint density at radius 1 is 1.52 bits per heavy atom. The van der Waals surface area contributed by atoms with Crippen molar-refractivity contribution in [3.63, 3.8) is 0 Å². The minimum Gasteiger partial charge on any atom is -0.478 e. The second-order valence-corrected chi connectivity index (χ2v) is 5.86. The highest BCUT2D eigenvalue weighted by atomic mass is 32.2. The molecule has 0 heterocycles. The first-order chi connectivity index (χ1) is 9.97. The van der Waals surface area contributed by atoms with Crippen LogP contribution in [0.5, 0.6) is 0 Å². The van der Waals surface area contributed by atoms with Gasteiger partial charge in [0.15, 0.2) is 0 Å². The summed E-state index contributed by atoms with van der Waals surface area (Å²) in [5.74, 6) is -0.357. The van der Waals surface area contributed by atoms with Gasteiger partial charge in [-0.15, -0.1) is 0 Å². The number of hydrogen-bond donors (Lipinski definition) is 1. The number of rotatable bonds is 8. The second kappa shape index (κ2) is 8.85. The first-order valence-corrected chi connectivity index (χ1v) is 8.25. The summed E-state index contributed by atoms with van der Waals surface area (Å²) in [5.41, 5.74) is 1.54. The van der Waals surface area contributed by atoms with Crippen molar-refractivity contribution in [2.45, 2.75) is 25.9 Å². The number of carboxylic acid groups (broad SMARTS) is 1. The molecule has 116 valence electrons. The lowest BCUT2D eigenvalue weighted by molar-refractivity contribution is -0.131. The van der Waals surface area contributed by atoms with E-state index in [1.54, 1.807) is 17.8 Å². The predicted molar refractivity (Wildman–Crippen MR) is 87.0 cm³/mol. The van der Waals surface area contributed by atoms with Crippen molar-refractivity contribution in [1.82, 2.24) is 4.90 Å². The van der Waals surface area contributed by atoms with Crippen LogP contribution in [0.15, 0.2) is 24.3 Å². The van der Waals surface area contributed by atoms with Gasteiger partial charge in [0.1, 0.15) is 5.82 Å². The molecule has 1 unspecified atom stereocenters. The number of carbonyl (C=O) groups is 1. The van der Waals surface area contributed by atoms with Crippen molar-refractivity contribution in [1.29, 1.82) is 0 Å². The normalized spacial score (nSPS) is 13.0. The summed E-state index contributed by atoms with van der Waals surface area (Å²) in [5, 5.41) is 8.72. The van der Waals surface area contributed by atoms with Crippen LogP contribution in [0.3, 0.4) is 0 Å². The van der Waals surface area contributed by atoms with Crippen molar-refractivity contribution in [3.8, 4) is 0 Å². The van der Waals surface area contributed by atoms with Gasteiger partial charge >= 0.3 is 5.97 Å². The molecule has 0 bridgehead atoms. The zero-order valence-corrected chi connectivity index (χ0v) is 13.5. The highest BCUT2D eigenvalue weighted by Crippen LogP contribution is 2.18. The Kier molecular flexibility index (Phi) is 7.47. The maximum Gasteiger partial charge on any atom is 0.328 e. The molecule has 0 aliphatic heterocycles. The van der Waals surface area contributed by atoms with Crippen molar-refractivity contribution < 1.29 is 14.3 Å². The molecule has 0 saturated heterocycles. The maximum absolute atomic E-state index is 13.4. The molecule has 5 heteroatoms. The van der Waals surface area contributed by atoms with E-state index in [4.69, 9.17) is 5.11 Å². The Balaban J connectivity index is 2.93. The van der Waals surface area contributed by atoms with Gasteiger partial charge < -0.3 is 5.11 Å². The van der Waals surface area contributed by atoms with E-state index in [1.165, 1.54) is 18.2 Å². The lowest BCUT2D eigenvalue weighted by Crippen LogP contribution is -2.32. The lowest BCUT2D eigenvalue weighted by atomic mass is 10.1. The summed E-state index contributed by atoms with van der Waals surface area (Å²) in [6, 6.07) is 4.95. The number of hydrogen-bond acceptors (Lipinski definition) is 3. The summed E-state index contributed by atoms with van der Waals surface area (Å²) in [6.45, 7) is 2.81. The maximum atomic E-state index is 13.4. The van der Waals surface area contributed by atoms with E-state index in [0.717, 1.165) is 23.8 Å². The van der Waals surface area contributed by atoms with Crippen LogP contribution in [-0.4, -0.2) is 41.1 Å². The lowest BCUT2D eigenvalue weighted by Gasteiger charge is -2.27. The fourth-order valence-electron chi connectivity index (χ4n) is 2.17. The molecule has 1 N–H and O–H groups in total. The first kappa shape index (κ1) is 17.7. The smallest absolute Gasteiger partial charge is 0.328 e. The molecule has 0 aromatic heterocycles. The Morgan fingerprint density at radius 2 is 2.24 bits per heavy atom. The summed E-state index contributed by atoms with van der Waals surface area (Å²) in [4.78, 5) is 12.9. The van der Waals surface area contributed by atoms with Gasteiger partial charge in [-0.2, -0.15) is 11.8 Å². The van der Waals surface area contributed by atoms with E-state index in [2.05, 4.69) is 18.1 Å². The molecule has 0 fully saturated rings. The van der Waals surface area contributed by atoms with E-state index >= 15 is 0 Å². The molecule has 21 heavy (non-hydrogen) atoms. The SMILES string of the molecule is CCC(CSC)N(C)Cc1ccc(F)cc1/C=C/C(=O)O. The molecular formula is C16H22FNO2S. The number of halogens is 1. The monoisotopic (exact) mass is 311 g/mol. The summed E-state index contributed by atoms with van der Waals surface area (Å²) >= 11 is 1.80. The molecule has 0 amide bonds. The van der Waals surface area contributed by atoms with Crippen molar-refractivity contribution in [3.05, 3.63) is 41.2 Å². The van der Waals surface area contributed by atoms with Crippen LogP contribution >= 0.6 is 11.8 Å². The van der Waals surface area contributed by atoms with E-state index < -0.39 is 5.97 Å². The Hall–Kier alpha value is -1.33. The highest BCUT2D eigenvalue weighted by molar-refractivity contribution is 7.98. The van der Waals surface area contributed by atoms with Gasteiger partial charge in [-0.05, 0) is 49.1 Å². The molecule has 3 nitrogen and oxygen atoms in total. The average molecular weight is 311 g/mol. The number of thioether (sulfide) groups is 1. The fourth-order valence-corrected chi connectivity index (χ4v) is 3.05. The van der Waals surface area contributed by atoms with Crippen LogP contribution in [-0.2, 0) is 11.3 Å². The van der Waals surface area contributed by atoms with Crippen LogP contribution in [0.2, 0.25) is 0 Å². The minimum absolute atomic E-state index is 0.359. The third-order valence-corrected chi connectivity index (χ3v) is 4.10. The molecule has 1 rings (SSSR count). The van der Waals surface area contributed by atoms with Crippen LogP contribution in [0.25, 0.3) is 6.08 Å². The molecule has 0 spiro atoms. The Bertz CT molecular complexity index is 505. The average Bonchev–Trinajstić information content (AvgIpc) is 2.44. The summed E-state index contributed by atoms with van der Waals surface area (Å²) in [6.07, 6.45) is 5.61. The number of benzene rings is 1. The number of aliphatic carboxylic acids is 1. The molecule has 0 saturated carbocycles. The van der Waals surface area contributed by atoms with E-state index in [1.807, 2.05) is 7.05 Å². The standard InChI is InChI=1S/C16H22FNO2S/c1-4-15(11-21-3)18(2)10-13-5-7-14(17)9-12(13)6-8-16(19)20/h5-9,15H,4,10-11H2,1-3H3,(H,19,20)/b8-6+.